The van der Waals surface area contributed by atoms with E-state index in [0.29, 0.717) is 17.5 Å². The highest BCUT2D eigenvalue weighted by atomic mass is 32.1. The molecule has 4 rings (SSSR count). The minimum atomic E-state index is -4.34. The number of nitrogens with zero attached hydrogens (tertiary/aromatic N) is 2. The van der Waals surface area contributed by atoms with E-state index in [2.05, 4.69) is 15.5 Å². The Morgan fingerprint density at radius 2 is 1.88 bits per heavy atom. The first-order chi connectivity index (χ1) is 11.4. The van der Waals surface area contributed by atoms with Crippen molar-refractivity contribution in [3.63, 3.8) is 0 Å². The smallest absolute Gasteiger partial charge is 0.300 e. The van der Waals surface area contributed by atoms with Crippen LogP contribution in [0.1, 0.15) is 47.2 Å². The standard InChI is InChI=1S/C16H14F3N3OS/c17-16(18,19)10-5-3-8(4-6-10)11-7-12(11)13(23)20-15-22-21-14(24-15)9-1-2-9/h3-6,9,11-12H,1-2,7H2,(H,20,22,23). The lowest BCUT2D eigenvalue weighted by Crippen LogP contribution is -2.14. The van der Waals surface area contributed by atoms with E-state index in [0.717, 1.165) is 35.5 Å². The van der Waals surface area contributed by atoms with Crippen LogP contribution in [0.5, 0.6) is 0 Å². The third-order valence-corrected chi connectivity index (χ3v) is 5.39. The zero-order valence-electron chi connectivity index (χ0n) is 12.5. The maximum Gasteiger partial charge on any atom is 0.416 e. The first-order valence-corrected chi connectivity index (χ1v) is 8.55. The van der Waals surface area contributed by atoms with E-state index in [4.69, 9.17) is 0 Å². The predicted octanol–water partition coefficient (Wildman–Crippen LogP) is 4.18. The number of aromatic nitrogens is 2. The molecule has 2 atom stereocenters. The number of hydrogen-bond acceptors (Lipinski definition) is 4. The number of halogens is 3. The number of alkyl halides is 3. The van der Waals surface area contributed by atoms with Crippen LogP contribution < -0.4 is 5.32 Å². The van der Waals surface area contributed by atoms with Gasteiger partial charge in [-0.15, -0.1) is 10.2 Å². The molecule has 1 heterocycles. The van der Waals surface area contributed by atoms with Crippen LogP contribution in [-0.2, 0) is 11.0 Å². The van der Waals surface area contributed by atoms with E-state index in [1.54, 1.807) is 0 Å². The summed E-state index contributed by atoms with van der Waals surface area (Å²) in [4.78, 5) is 12.2. The SMILES string of the molecule is O=C(Nc1nnc(C2CC2)s1)C1CC1c1ccc(C(F)(F)F)cc1. The molecule has 0 spiro atoms. The molecule has 2 unspecified atom stereocenters. The highest BCUT2D eigenvalue weighted by molar-refractivity contribution is 7.15. The van der Waals surface area contributed by atoms with Crippen LogP contribution in [-0.4, -0.2) is 16.1 Å². The second kappa shape index (κ2) is 5.54. The van der Waals surface area contributed by atoms with Crippen molar-refractivity contribution in [2.24, 2.45) is 5.92 Å². The van der Waals surface area contributed by atoms with Crippen LogP contribution in [0.2, 0.25) is 0 Å². The summed E-state index contributed by atoms with van der Waals surface area (Å²) in [5.41, 5.74) is 0.0912. The Morgan fingerprint density at radius 3 is 2.50 bits per heavy atom. The van der Waals surface area contributed by atoms with Gasteiger partial charge < -0.3 is 5.32 Å². The monoisotopic (exact) mass is 353 g/mol. The molecule has 2 saturated carbocycles. The Labute approximate surface area is 140 Å². The molecule has 8 heteroatoms. The summed E-state index contributed by atoms with van der Waals surface area (Å²) < 4.78 is 37.7. The van der Waals surface area contributed by atoms with Crippen LogP contribution in [0.25, 0.3) is 0 Å². The molecule has 1 aromatic heterocycles. The molecular weight excluding hydrogens is 339 g/mol. The summed E-state index contributed by atoms with van der Waals surface area (Å²) >= 11 is 1.40. The van der Waals surface area contributed by atoms with Crippen molar-refractivity contribution in [1.29, 1.82) is 0 Å². The van der Waals surface area contributed by atoms with Gasteiger partial charge in [-0.2, -0.15) is 13.2 Å². The Morgan fingerprint density at radius 1 is 1.17 bits per heavy atom. The van der Waals surface area contributed by atoms with Gasteiger partial charge in [-0.05, 0) is 42.9 Å². The Bertz CT molecular complexity index is 768. The zero-order valence-corrected chi connectivity index (χ0v) is 13.3. The van der Waals surface area contributed by atoms with Gasteiger partial charge in [0.1, 0.15) is 5.01 Å². The van der Waals surface area contributed by atoms with Gasteiger partial charge in [0.25, 0.3) is 0 Å². The molecule has 0 radical (unpaired) electrons. The minimum absolute atomic E-state index is 0.0249. The molecule has 2 aromatic rings. The molecule has 0 saturated heterocycles. The maximum atomic E-state index is 12.6. The molecule has 1 amide bonds. The predicted molar refractivity (Wildman–Crippen MR) is 82.8 cm³/mol. The average molecular weight is 353 g/mol. The molecule has 2 aliphatic rings. The average Bonchev–Trinajstić information content (AvgIpc) is 3.45. The van der Waals surface area contributed by atoms with E-state index >= 15 is 0 Å². The third-order valence-electron chi connectivity index (χ3n) is 4.39. The number of rotatable bonds is 4. The zero-order chi connectivity index (χ0) is 16.9. The van der Waals surface area contributed by atoms with E-state index < -0.39 is 11.7 Å². The lowest BCUT2D eigenvalue weighted by molar-refractivity contribution is -0.137. The molecule has 1 N–H and O–H groups in total. The number of nitrogens with one attached hydrogen (secondary N) is 1. The van der Waals surface area contributed by atoms with Crippen molar-refractivity contribution in [3.05, 3.63) is 40.4 Å². The minimum Gasteiger partial charge on any atom is -0.300 e. The van der Waals surface area contributed by atoms with E-state index in [9.17, 15) is 18.0 Å². The van der Waals surface area contributed by atoms with Gasteiger partial charge in [0.05, 0.1) is 5.56 Å². The van der Waals surface area contributed by atoms with Crippen LogP contribution in [0, 0.1) is 5.92 Å². The molecular formula is C16H14F3N3OS. The fourth-order valence-corrected chi connectivity index (χ4v) is 3.67. The molecule has 2 aliphatic carbocycles. The van der Waals surface area contributed by atoms with E-state index in [1.807, 2.05) is 0 Å². The molecule has 24 heavy (non-hydrogen) atoms. The van der Waals surface area contributed by atoms with Gasteiger partial charge in [-0.25, -0.2) is 0 Å². The molecule has 126 valence electrons. The van der Waals surface area contributed by atoms with E-state index in [1.165, 1.54) is 23.5 Å². The third kappa shape index (κ3) is 3.15. The highest BCUT2D eigenvalue weighted by Crippen LogP contribution is 2.48. The van der Waals surface area contributed by atoms with E-state index in [-0.39, 0.29) is 17.7 Å². The van der Waals surface area contributed by atoms with Gasteiger partial charge >= 0.3 is 6.18 Å². The summed E-state index contributed by atoms with van der Waals surface area (Å²) in [5.74, 6) is 0.116. The number of anilines is 1. The second-order valence-electron chi connectivity index (χ2n) is 6.28. The van der Waals surface area contributed by atoms with Gasteiger partial charge in [-0.3, -0.25) is 4.79 Å². The summed E-state index contributed by atoms with van der Waals surface area (Å²) in [5, 5.41) is 12.3. The van der Waals surface area contributed by atoms with Crippen LogP contribution >= 0.6 is 11.3 Å². The normalized spacial score (nSPS) is 23.1. The number of carbonyl (C=O) groups excluding carboxylic acids is 1. The lowest BCUT2D eigenvalue weighted by Gasteiger charge is -2.07. The first-order valence-electron chi connectivity index (χ1n) is 7.73. The van der Waals surface area contributed by atoms with Crippen molar-refractivity contribution in [2.45, 2.75) is 37.3 Å². The maximum absolute atomic E-state index is 12.6. The Hall–Kier alpha value is -1.96. The topological polar surface area (TPSA) is 54.9 Å². The molecule has 0 aliphatic heterocycles. The number of amides is 1. The quantitative estimate of drug-likeness (QED) is 0.897. The fourth-order valence-electron chi connectivity index (χ4n) is 2.75. The van der Waals surface area contributed by atoms with Gasteiger partial charge in [0.2, 0.25) is 11.0 Å². The summed E-state index contributed by atoms with van der Waals surface area (Å²) in [6.45, 7) is 0. The van der Waals surface area contributed by atoms with Crippen molar-refractivity contribution < 1.29 is 18.0 Å². The van der Waals surface area contributed by atoms with Crippen LogP contribution in [0.3, 0.4) is 0 Å². The Balaban J connectivity index is 1.37. The summed E-state index contributed by atoms with van der Waals surface area (Å²) in [7, 11) is 0. The highest BCUT2D eigenvalue weighted by Gasteiger charge is 2.44. The van der Waals surface area contributed by atoms with Gasteiger partial charge in [0.15, 0.2) is 0 Å². The summed E-state index contributed by atoms with van der Waals surface area (Å²) in [6, 6.07) is 5.04. The van der Waals surface area contributed by atoms with Crippen molar-refractivity contribution in [3.8, 4) is 0 Å². The Kier molecular flexibility index (Phi) is 3.59. The first kappa shape index (κ1) is 15.6. The van der Waals surface area contributed by atoms with Crippen LogP contribution in [0.15, 0.2) is 24.3 Å². The second-order valence-corrected chi connectivity index (χ2v) is 7.29. The summed E-state index contributed by atoms with van der Waals surface area (Å²) in [6.07, 6.45) is -1.44. The lowest BCUT2D eigenvalue weighted by atomic mass is 10.1. The van der Waals surface area contributed by atoms with Crippen molar-refractivity contribution >= 4 is 22.4 Å². The van der Waals surface area contributed by atoms with Gasteiger partial charge in [0, 0.05) is 11.8 Å². The largest absolute Gasteiger partial charge is 0.416 e. The van der Waals surface area contributed by atoms with Crippen molar-refractivity contribution in [1.82, 2.24) is 10.2 Å². The molecule has 0 bridgehead atoms. The fraction of sp³-hybridized carbons (Fsp3) is 0.438. The molecule has 2 fully saturated rings. The molecule has 4 nitrogen and oxygen atoms in total. The van der Waals surface area contributed by atoms with Gasteiger partial charge in [-0.1, -0.05) is 23.5 Å². The van der Waals surface area contributed by atoms with Crippen molar-refractivity contribution in [2.75, 3.05) is 5.32 Å². The number of carbonyl (C=O) groups is 1. The number of benzene rings is 1. The van der Waals surface area contributed by atoms with Crippen LogP contribution in [0.4, 0.5) is 18.3 Å². The molecule has 1 aromatic carbocycles. The number of hydrogen-bond donors (Lipinski definition) is 1.